The Kier molecular flexibility index (Phi) is 4.97. The summed E-state index contributed by atoms with van der Waals surface area (Å²) in [5.74, 6) is 0. The topological polar surface area (TPSA) is 32.5 Å². The van der Waals surface area contributed by atoms with Crippen LogP contribution in [0.15, 0.2) is 30.3 Å². The molecular formula is C16H27N3. The van der Waals surface area contributed by atoms with Crippen molar-refractivity contribution in [3.63, 3.8) is 0 Å². The van der Waals surface area contributed by atoms with E-state index < -0.39 is 0 Å². The second-order valence-electron chi connectivity index (χ2n) is 5.75. The number of likely N-dealkylation sites (N-methyl/N-ethyl adjacent to an activating group) is 1. The first-order chi connectivity index (χ1) is 9.13. The molecule has 0 radical (unpaired) electrons. The van der Waals surface area contributed by atoms with Crippen molar-refractivity contribution in [1.29, 1.82) is 0 Å². The SMILES string of the molecule is CCC1CN(C(c2ccccc2)C(C)N)CCN1C. The summed E-state index contributed by atoms with van der Waals surface area (Å²) in [4.78, 5) is 5.04. The molecule has 106 valence electrons. The minimum Gasteiger partial charge on any atom is -0.326 e. The van der Waals surface area contributed by atoms with E-state index in [4.69, 9.17) is 5.73 Å². The van der Waals surface area contributed by atoms with Gasteiger partial charge in [-0.05, 0) is 26.0 Å². The first-order valence-corrected chi connectivity index (χ1v) is 7.38. The minimum absolute atomic E-state index is 0.156. The van der Waals surface area contributed by atoms with Gasteiger partial charge in [0.2, 0.25) is 0 Å². The number of hydrogen-bond donors (Lipinski definition) is 1. The Bertz CT molecular complexity index is 377. The lowest BCUT2D eigenvalue weighted by Gasteiger charge is -2.44. The molecule has 1 aromatic carbocycles. The maximum atomic E-state index is 6.27. The number of hydrogen-bond acceptors (Lipinski definition) is 3. The van der Waals surface area contributed by atoms with Gasteiger partial charge in [-0.1, -0.05) is 37.3 Å². The number of nitrogens with zero attached hydrogens (tertiary/aromatic N) is 2. The van der Waals surface area contributed by atoms with E-state index in [1.807, 2.05) is 0 Å². The molecule has 1 aliphatic rings. The third-order valence-corrected chi connectivity index (χ3v) is 4.31. The Morgan fingerprint density at radius 2 is 1.95 bits per heavy atom. The second-order valence-corrected chi connectivity index (χ2v) is 5.75. The Morgan fingerprint density at radius 3 is 2.53 bits per heavy atom. The van der Waals surface area contributed by atoms with Gasteiger partial charge in [-0.3, -0.25) is 4.90 Å². The summed E-state index contributed by atoms with van der Waals surface area (Å²) in [6, 6.07) is 11.8. The largest absolute Gasteiger partial charge is 0.326 e. The summed E-state index contributed by atoms with van der Waals surface area (Å²) in [5.41, 5.74) is 7.61. The minimum atomic E-state index is 0.156. The summed E-state index contributed by atoms with van der Waals surface area (Å²) in [7, 11) is 2.23. The van der Waals surface area contributed by atoms with E-state index in [0.29, 0.717) is 12.1 Å². The third-order valence-electron chi connectivity index (χ3n) is 4.31. The molecule has 3 unspecified atom stereocenters. The molecule has 0 spiro atoms. The monoisotopic (exact) mass is 261 g/mol. The third kappa shape index (κ3) is 3.35. The van der Waals surface area contributed by atoms with Gasteiger partial charge >= 0.3 is 0 Å². The normalized spacial score (nSPS) is 25.2. The summed E-state index contributed by atoms with van der Waals surface area (Å²) in [6.07, 6.45) is 1.20. The smallest absolute Gasteiger partial charge is 0.0497 e. The predicted molar refractivity (Wildman–Crippen MR) is 81.1 cm³/mol. The molecule has 0 aliphatic carbocycles. The van der Waals surface area contributed by atoms with E-state index in [-0.39, 0.29) is 6.04 Å². The maximum absolute atomic E-state index is 6.27. The molecule has 1 saturated heterocycles. The Hall–Kier alpha value is -0.900. The first kappa shape index (κ1) is 14.5. The van der Waals surface area contributed by atoms with Crippen molar-refractivity contribution in [2.75, 3.05) is 26.7 Å². The standard InChI is InChI=1S/C16H27N3/c1-4-15-12-19(11-10-18(15)3)16(13(2)17)14-8-6-5-7-9-14/h5-9,13,15-16H,4,10-12,17H2,1-3H3. The van der Waals surface area contributed by atoms with Crippen molar-refractivity contribution in [1.82, 2.24) is 9.80 Å². The Morgan fingerprint density at radius 1 is 1.26 bits per heavy atom. The van der Waals surface area contributed by atoms with Crippen molar-refractivity contribution >= 4 is 0 Å². The van der Waals surface area contributed by atoms with Crippen LogP contribution in [-0.2, 0) is 0 Å². The molecule has 2 rings (SSSR count). The molecule has 2 N–H and O–H groups in total. The van der Waals surface area contributed by atoms with Gasteiger partial charge in [0.25, 0.3) is 0 Å². The van der Waals surface area contributed by atoms with Crippen LogP contribution in [0.4, 0.5) is 0 Å². The van der Waals surface area contributed by atoms with Gasteiger partial charge in [0.15, 0.2) is 0 Å². The van der Waals surface area contributed by atoms with Crippen LogP contribution in [0, 0.1) is 0 Å². The van der Waals surface area contributed by atoms with Gasteiger partial charge in [0.05, 0.1) is 0 Å². The fourth-order valence-electron chi connectivity index (χ4n) is 3.16. The van der Waals surface area contributed by atoms with E-state index in [1.165, 1.54) is 12.0 Å². The first-order valence-electron chi connectivity index (χ1n) is 7.38. The van der Waals surface area contributed by atoms with Crippen molar-refractivity contribution in [2.45, 2.75) is 38.4 Å². The summed E-state index contributed by atoms with van der Waals surface area (Å²) >= 11 is 0. The van der Waals surface area contributed by atoms with Gasteiger partial charge in [0.1, 0.15) is 0 Å². The highest BCUT2D eigenvalue weighted by Crippen LogP contribution is 2.26. The van der Waals surface area contributed by atoms with Crippen LogP contribution in [0.3, 0.4) is 0 Å². The average molecular weight is 261 g/mol. The van der Waals surface area contributed by atoms with Crippen molar-refractivity contribution in [3.05, 3.63) is 35.9 Å². The molecule has 1 aromatic rings. The van der Waals surface area contributed by atoms with Gasteiger partial charge < -0.3 is 10.6 Å². The number of piperazine rings is 1. The molecule has 1 fully saturated rings. The van der Waals surface area contributed by atoms with Crippen molar-refractivity contribution < 1.29 is 0 Å². The zero-order valence-electron chi connectivity index (χ0n) is 12.4. The van der Waals surface area contributed by atoms with Gasteiger partial charge in [-0.15, -0.1) is 0 Å². The number of nitrogens with two attached hydrogens (primary N) is 1. The summed E-state index contributed by atoms with van der Waals surface area (Å²) in [6.45, 7) is 7.75. The van der Waals surface area contributed by atoms with Crippen molar-refractivity contribution in [3.8, 4) is 0 Å². The molecule has 0 aromatic heterocycles. The van der Waals surface area contributed by atoms with Crippen LogP contribution in [-0.4, -0.2) is 48.6 Å². The number of rotatable bonds is 4. The highest BCUT2D eigenvalue weighted by Gasteiger charge is 2.30. The quantitative estimate of drug-likeness (QED) is 0.901. The van der Waals surface area contributed by atoms with Crippen LogP contribution in [0.5, 0.6) is 0 Å². The molecule has 3 heteroatoms. The van der Waals surface area contributed by atoms with E-state index in [0.717, 1.165) is 19.6 Å². The molecule has 3 nitrogen and oxygen atoms in total. The lowest BCUT2D eigenvalue weighted by molar-refractivity contribution is 0.0549. The molecule has 0 saturated carbocycles. The fourth-order valence-corrected chi connectivity index (χ4v) is 3.16. The molecule has 0 bridgehead atoms. The van der Waals surface area contributed by atoms with Crippen LogP contribution < -0.4 is 5.73 Å². The summed E-state index contributed by atoms with van der Waals surface area (Å²) in [5, 5.41) is 0. The maximum Gasteiger partial charge on any atom is 0.0497 e. The summed E-state index contributed by atoms with van der Waals surface area (Å²) < 4.78 is 0. The van der Waals surface area contributed by atoms with Gasteiger partial charge in [0, 0.05) is 37.8 Å². The molecule has 1 aliphatic heterocycles. The molecule has 1 heterocycles. The highest BCUT2D eigenvalue weighted by molar-refractivity contribution is 5.20. The Balaban J connectivity index is 2.16. The fraction of sp³-hybridized carbons (Fsp3) is 0.625. The molecule has 0 amide bonds. The number of benzene rings is 1. The van der Waals surface area contributed by atoms with Crippen LogP contribution >= 0.6 is 0 Å². The van der Waals surface area contributed by atoms with Gasteiger partial charge in [-0.25, -0.2) is 0 Å². The average Bonchev–Trinajstić information content (AvgIpc) is 2.41. The van der Waals surface area contributed by atoms with E-state index in [9.17, 15) is 0 Å². The lowest BCUT2D eigenvalue weighted by Crippen LogP contribution is -2.54. The second kappa shape index (κ2) is 6.51. The Labute approximate surface area is 117 Å². The molecule has 3 atom stereocenters. The van der Waals surface area contributed by atoms with E-state index in [1.54, 1.807) is 0 Å². The molecule has 19 heavy (non-hydrogen) atoms. The van der Waals surface area contributed by atoms with E-state index in [2.05, 4.69) is 61.0 Å². The zero-order chi connectivity index (χ0) is 13.8. The van der Waals surface area contributed by atoms with Crippen LogP contribution in [0.1, 0.15) is 31.9 Å². The zero-order valence-corrected chi connectivity index (χ0v) is 12.4. The lowest BCUT2D eigenvalue weighted by atomic mass is 9.97. The van der Waals surface area contributed by atoms with E-state index >= 15 is 0 Å². The van der Waals surface area contributed by atoms with Crippen LogP contribution in [0.2, 0.25) is 0 Å². The highest BCUT2D eigenvalue weighted by atomic mass is 15.3. The van der Waals surface area contributed by atoms with Gasteiger partial charge in [-0.2, -0.15) is 0 Å². The predicted octanol–water partition coefficient (Wildman–Crippen LogP) is 2.10. The van der Waals surface area contributed by atoms with Crippen LogP contribution in [0.25, 0.3) is 0 Å². The molecular weight excluding hydrogens is 234 g/mol. The van der Waals surface area contributed by atoms with Crippen molar-refractivity contribution in [2.24, 2.45) is 5.73 Å².